The van der Waals surface area contributed by atoms with E-state index in [4.69, 9.17) is 11.6 Å². The lowest BCUT2D eigenvalue weighted by molar-refractivity contribution is -0.139. The van der Waals surface area contributed by atoms with E-state index in [0.29, 0.717) is 0 Å². The fourth-order valence-corrected chi connectivity index (χ4v) is 5.68. The second-order valence-corrected chi connectivity index (χ2v) is 11.6. The molecule has 2 atom stereocenters. The highest BCUT2D eigenvalue weighted by atomic mass is 35.5. The molecule has 3 aromatic carbocycles. The average molecular weight is 556 g/mol. The fourth-order valence-electron chi connectivity index (χ4n) is 3.94. The molecule has 0 aliphatic carbocycles. The van der Waals surface area contributed by atoms with Crippen LogP contribution in [0.15, 0.2) is 83.8 Å². The van der Waals surface area contributed by atoms with E-state index in [1.54, 1.807) is 49.4 Å². The minimum absolute atomic E-state index is 0.0283. The van der Waals surface area contributed by atoms with Crippen LogP contribution in [-0.2, 0) is 26.2 Å². The molecule has 0 saturated carbocycles. The maximum absolute atomic E-state index is 13.9. The third-order valence-corrected chi connectivity index (χ3v) is 8.43. The summed E-state index contributed by atoms with van der Waals surface area (Å²) >= 11 is 6.41. The van der Waals surface area contributed by atoms with Crippen molar-refractivity contribution in [3.63, 3.8) is 0 Å². The van der Waals surface area contributed by atoms with Gasteiger partial charge in [-0.1, -0.05) is 78.7 Å². The Hall–Kier alpha value is -3.36. The number of halogens is 1. The Balaban J connectivity index is 2.03. The van der Waals surface area contributed by atoms with Crippen molar-refractivity contribution >= 4 is 39.1 Å². The van der Waals surface area contributed by atoms with Gasteiger partial charge in [0.25, 0.3) is 10.0 Å². The standard InChI is InChI=1S/C29H34ClN3O4S/c1-5-22(3)31-29(35)23(4)32(19-24-13-11-12-21(2)18-24)28(34)20-33(27-17-10-9-16-26(27)30)38(36,37)25-14-7-6-8-15-25/h6-18,22-23H,5,19-20H2,1-4H3,(H,31,35)/t22-,23-/m0/s1. The first-order chi connectivity index (χ1) is 18.0. The Kier molecular flexibility index (Phi) is 9.94. The molecule has 1 N–H and O–H groups in total. The number of rotatable bonds is 11. The van der Waals surface area contributed by atoms with Crippen molar-refractivity contribution in [3.05, 3.63) is 95.0 Å². The van der Waals surface area contributed by atoms with Crippen LogP contribution < -0.4 is 9.62 Å². The zero-order chi connectivity index (χ0) is 27.9. The molecular weight excluding hydrogens is 522 g/mol. The number of carbonyl (C=O) groups is 2. The van der Waals surface area contributed by atoms with E-state index in [2.05, 4.69) is 5.32 Å². The quantitative estimate of drug-likeness (QED) is 0.353. The Bertz CT molecular complexity index is 1370. The number of carbonyl (C=O) groups excluding carboxylic acids is 2. The number of hydrogen-bond acceptors (Lipinski definition) is 4. The predicted octanol–water partition coefficient (Wildman–Crippen LogP) is 5.18. The van der Waals surface area contributed by atoms with E-state index in [0.717, 1.165) is 21.9 Å². The lowest BCUT2D eigenvalue weighted by Crippen LogP contribution is -2.52. The molecule has 7 nitrogen and oxygen atoms in total. The first-order valence-corrected chi connectivity index (χ1v) is 14.3. The van der Waals surface area contributed by atoms with Gasteiger partial charge in [0.1, 0.15) is 12.6 Å². The zero-order valence-corrected chi connectivity index (χ0v) is 23.7. The van der Waals surface area contributed by atoms with Gasteiger partial charge < -0.3 is 10.2 Å². The molecule has 0 radical (unpaired) electrons. The van der Waals surface area contributed by atoms with Crippen LogP contribution in [0.3, 0.4) is 0 Å². The summed E-state index contributed by atoms with van der Waals surface area (Å²) in [7, 11) is -4.15. The lowest BCUT2D eigenvalue weighted by Gasteiger charge is -2.32. The van der Waals surface area contributed by atoms with E-state index < -0.39 is 28.5 Å². The second kappa shape index (κ2) is 12.9. The minimum atomic E-state index is -4.15. The first-order valence-electron chi connectivity index (χ1n) is 12.5. The molecule has 202 valence electrons. The molecule has 0 aliphatic heterocycles. The van der Waals surface area contributed by atoms with Gasteiger partial charge >= 0.3 is 0 Å². The summed E-state index contributed by atoms with van der Waals surface area (Å²) < 4.78 is 28.5. The summed E-state index contributed by atoms with van der Waals surface area (Å²) in [5.41, 5.74) is 2.02. The maximum atomic E-state index is 13.9. The van der Waals surface area contributed by atoms with Crippen molar-refractivity contribution < 1.29 is 18.0 Å². The van der Waals surface area contributed by atoms with Crippen molar-refractivity contribution in [2.75, 3.05) is 10.8 Å². The van der Waals surface area contributed by atoms with Crippen LogP contribution in [0, 0.1) is 6.92 Å². The average Bonchev–Trinajstić information content (AvgIpc) is 2.90. The fraction of sp³-hybridized carbons (Fsp3) is 0.310. The van der Waals surface area contributed by atoms with Crippen LogP contribution in [0.2, 0.25) is 5.02 Å². The van der Waals surface area contributed by atoms with Gasteiger partial charge in [0, 0.05) is 12.6 Å². The highest BCUT2D eigenvalue weighted by Gasteiger charge is 2.33. The largest absolute Gasteiger partial charge is 0.352 e. The molecular formula is C29H34ClN3O4S. The summed E-state index contributed by atoms with van der Waals surface area (Å²) in [5.74, 6) is -0.840. The van der Waals surface area contributed by atoms with Crippen molar-refractivity contribution in [1.82, 2.24) is 10.2 Å². The van der Waals surface area contributed by atoms with Crippen LogP contribution in [0.5, 0.6) is 0 Å². The van der Waals surface area contributed by atoms with Gasteiger partial charge in [-0.05, 0) is 57.0 Å². The molecule has 0 aliphatic rings. The predicted molar refractivity (Wildman–Crippen MR) is 152 cm³/mol. The molecule has 0 unspecified atom stereocenters. The summed E-state index contributed by atoms with van der Waals surface area (Å²) in [6.45, 7) is 7.05. The topological polar surface area (TPSA) is 86.8 Å². The number of sulfonamides is 1. The zero-order valence-electron chi connectivity index (χ0n) is 22.1. The third kappa shape index (κ3) is 7.14. The number of hydrogen-bond donors (Lipinski definition) is 1. The summed E-state index contributed by atoms with van der Waals surface area (Å²) in [4.78, 5) is 28.4. The van der Waals surface area contributed by atoms with Gasteiger partial charge in [0.2, 0.25) is 11.8 Å². The van der Waals surface area contributed by atoms with E-state index >= 15 is 0 Å². The summed E-state index contributed by atoms with van der Waals surface area (Å²) in [5, 5.41) is 3.11. The van der Waals surface area contributed by atoms with Crippen LogP contribution in [0.1, 0.15) is 38.3 Å². The van der Waals surface area contributed by atoms with Crippen LogP contribution in [0.4, 0.5) is 5.69 Å². The molecule has 0 heterocycles. The number of nitrogens with one attached hydrogen (secondary N) is 1. The number of amides is 2. The van der Waals surface area contributed by atoms with E-state index in [-0.39, 0.29) is 34.1 Å². The second-order valence-electron chi connectivity index (χ2n) is 9.28. The Morgan fingerprint density at radius 1 is 0.947 bits per heavy atom. The number of benzene rings is 3. The first kappa shape index (κ1) is 29.2. The van der Waals surface area contributed by atoms with Gasteiger partial charge in [0.05, 0.1) is 15.6 Å². The molecule has 0 saturated heterocycles. The normalized spacial score (nSPS) is 12.9. The van der Waals surface area contributed by atoms with Crippen molar-refractivity contribution in [1.29, 1.82) is 0 Å². The number of nitrogens with zero attached hydrogens (tertiary/aromatic N) is 2. The highest BCUT2D eigenvalue weighted by Crippen LogP contribution is 2.30. The highest BCUT2D eigenvalue weighted by molar-refractivity contribution is 7.92. The molecule has 2 amide bonds. The maximum Gasteiger partial charge on any atom is 0.264 e. The van der Waals surface area contributed by atoms with Crippen LogP contribution >= 0.6 is 11.6 Å². The molecule has 38 heavy (non-hydrogen) atoms. The molecule has 0 aromatic heterocycles. The monoisotopic (exact) mass is 555 g/mol. The number of anilines is 1. The molecule has 3 rings (SSSR count). The van der Waals surface area contributed by atoms with Gasteiger partial charge in [-0.3, -0.25) is 13.9 Å². The Morgan fingerprint density at radius 2 is 1.61 bits per heavy atom. The van der Waals surface area contributed by atoms with Crippen LogP contribution in [-0.4, -0.2) is 43.8 Å². The van der Waals surface area contributed by atoms with E-state index in [9.17, 15) is 18.0 Å². The van der Waals surface area contributed by atoms with Gasteiger partial charge in [-0.15, -0.1) is 0 Å². The Morgan fingerprint density at radius 3 is 2.24 bits per heavy atom. The van der Waals surface area contributed by atoms with Crippen molar-refractivity contribution in [2.24, 2.45) is 0 Å². The van der Waals surface area contributed by atoms with Gasteiger partial charge in [-0.2, -0.15) is 0 Å². The van der Waals surface area contributed by atoms with E-state index in [1.165, 1.54) is 17.0 Å². The van der Waals surface area contributed by atoms with Gasteiger partial charge in [0.15, 0.2) is 0 Å². The smallest absolute Gasteiger partial charge is 0.264 e. The molecule has 0 fully saturated rings. The number of para-hydroxylation sites is 1. The molecule has 0 bridgehead atoms. The van der Waals surface area contributed by atoms with E-state index in [1.807, 2.05) is 45.0 Å². The van der Waals surface area contributed by atoms with Gasteiger partial charge in [-0.25, -0.2) is 8.42 Å². The van der Waals surface area contributed by atoms with Crippen molar-refractivity contribution in [2.45, 2.75) is 57.6 Å². The lowest BCUT2D eigenvalue weighted by atomic mass is 10.1. The summed E-state index contributed by atoms with van der Waals surface area (Å²) in [6.07, 6.45) is 0.736. The Labute approximate surface area is 230 Å². The van der Waals surface area contributed by atoms with Crippen molar-refractivity contribution in [3.8, 4) is 0 Å². The molecule has 0 spiro atoms. The SMILES string of the molecule is CC[C@H](C)NC(=O)[C@H](C)N(Cc1cccc(C)c1)C(=O)CN(c1ccccc1Cl)S(=O)(=O)c1ccccc1. The number of aryl methyl sites for hydroxylation is 1. The molecule has 9 heteroatoms. The summed E-state index contributed by atoms with van der Waals surface area (Å²) in [6, 6.07) is 21.1. The molecule has 3 aromatic rings. The minimum Gasteiger partial charge on any atom is -0.352 e. The third-order valence-electron chi connectivity index (χ3n) is 6.33. The van der Waals surface area contributed by atoms with Crippen LogP contribution in [0.25, 0.3) is 0 Å².